The Labute approximate surface area is 164 Å². The number of nitrogens with one attached hydrogen (secondary N) is 2. The molecule has 0 aliphatic carbocycles. The van der Waals surface area contributed by atoms with Crippen LogP contribution in [-0.4, -0.2) is 28.6 Å². The number of hydrogen-bond acceptors (Lipinski definition) is 5. The van der Waals surface area contributed by atoms with Crippen molar-refractivity contribution in [2.75, 3.05) is 11.9 Å². The van der Waals surface area contributed by atoms with Gasteiger partial charge in [-0.2, -0.15) is 0 Å². The summed E-state index contributed by atoms with van der Waals surface area (Å²) in [5.74, 6) is -0.165. The van der Waals surface area contributed by atoms with Crippen LogP contribution < -0.4 is 10.6 Å². The lowest BCUT2D eigenvalue weighted by molar-refractivity contribution is -0.121. The van der Waals surface area contributed by atoms with Crippen molar-refractivity contribution >= 4 is 28.3 Å². The largest absolute Gasteiger partial charge is 0.356 e. The molecular formula is C20H28N4O2S. The van der Waals surface area contributed by atoms with E-state index in [1.807, 2.05) is 31.2 Å². The van der Waals surface area contributed by atoms with E-state index in [1.165, 1.54) is 36.2 Å². The highest BCUT2D eigenvalue weighted by Crippen LogP contribution is 2.26. The molecule has 0 fully saturated rings. The smallest absolute Gasteiger partial charge is 0.227 e. The molecule has 0 aliphatic heterocycles. The zero-order valence-electron chi connectivity index (χ0n) is 16.1. The van der Waals surface area contributed by atoms with Crippen molar-refractivity contribution in [3.05, 3.63) is 29.8 Å². The number of benzene rings is 1. The molecule has 2 rings (SSSR count). The number of amides is 2. The lowest BCUT2D eigenvalue weighted by atomic mass is 10.1. The van der Waals surface area contributed by atoms with Gasteiger partial charge in [0.05, 0.1) is 0 Å². The average molecular weight is 389 g/mol. The molecule has 1 aromatic carbocycles. The summed E-state index contributed by atoms with van der Waals surface area (Å²) in [7, 11) is 0. The van der Waals surface area contributed by atoms with Crippen molar-refractivity contribution in [1.82, 2.24) is 15.5 Å². The number of unbranched alkanes of at least 4 members (excludes halogenated alkanes) is 4. The molecule has 0 saturated heterocycles. The Kier molecular flexibility index (Phi) is 8.91. The van der Waals surface area contributed by atoms with Crippen LogP contribution in [0.2, 0.25) is 0 Å². The van der Waals surface area contributed by atoms with Crippen LogP contribution >= 0.6 is 11.3 Å². The molecule has 146 valence electrons. The molecular weight excluding hydrogens is 360 g/mol. The summed E-state index contributed by atoms with van der Waals surface area (Å²) in [6.45, 7) is 4.53. The molecule has 7 heteroatoms. The molecule has 0 bridgehead atoms. The van der Waals surface area contributed by atoms with E-state index in [0.717, 1.165) is 23.4 Å². The zero-order chi connectivity index (χ0) is 19.5. The van der Waals surface area contributed by atoms with E-state index in [4.69, 9.17) is 0 Å². The first-order chi connectivity index (χ1) is 13.1. The number of anilines is 1. The molecule has 1 heterocycles. The summed E-state index contributed by atoms with van der Waals surface area (Å²) in [6.07, 6.45) is 6.34. The van der Waals surface area contributed by atoms with E-state index in [2.05, 4.69) is 27.8 Å². The standard InChI is InChI=1S/C20H28N4O2S/c1-3-4-5-6-7-8-17(25)21-14-13-18(26)22-20-24-23-19(27-20)16-11-9-15(2)10-12-16/h9-12H,3-8,13-14H2,1-2H3,(H,21,25)(H,22,24,26). The summed E-state index contributed by atoms with van der Waals surface area (Å²) in [4.78, 5) is 23.7. The third-order valence-electron chi connectivity index (χ3n) is 4.15. The van der Waals surface area contributed by atoms with Crippen LogP contribution in [0.25, 0.3) is 10.6 Å². The molecule has 0 saturated carbocycles. The number of rotatable bonds is 11. The van der Waals surface area contributed by atoms with Gasteiger partial charge in [0.1, 0.15) is 5.01 Å². The quantitative estimate of drug-likeness (QED) is 0.562. The van der Waals surface area contributed by atoms with Gasteiger partial charge in [-0.15, -0.1) is 10.2 Å². The third-order valence-corrected chi connectivity index (χ3v) is 5.04. The molecule has 27 heavy (non-hydrogen) atoms. The Morgan fingerprint density at radius 2 is 1.70 bits per heavy atom. The lowest BCUT2D eigenvalue weighted by Gasteiger charge is -2.05. The highest BCUT2D eigenvalue weighted by Gasteiger charge is 2.10. The summed E-state index contributed by atoms with van der Waals surface area (Å²) in [5, 5.41) is 14.9. The van der Waals surface area contributed by atoms with Crippen molar-refractivity contribution in [3.63, 3.8) is 0 Å². The highest BCUT2D eigenvalue weighted by atomic mass is 32.1. The van der Waals surface area contributed by atoms with Gasteiger partial charge in [-0.05, 0) is 13.3 Å². The molecule has 0 spiro atoms. The second-order valence-electron chi connectivity index (χ2n) is 6.59. The van der Waals surface area contributed by atoms with Gasteiger partial charge in [0.15, 0.2) is 0 Å². The van der Waals surface area contributed by atoms with Gasteiger partial charge in [0.2, 0.25) is 16.9 Å². The van der Waals surface area contributed by atoms with Crippen LogP contribution in [0.3, 0.4) is 0 Å². The third kappa shape index (κ3) is 7.86. The first kappa shape index (κ1) is 21.0. The first-order valence-electron chi connectivity index (χ1n) is 9.55. The van der Waals surface area contributed by atoms with E-state index in [-0.39, 0.29) is 18.2 Å². The van der Waals surface area contributed by atoms with Crippen LogP contribution in [0.15, 0.2) is 24.3 Å². The fourth-order valence-corrected chi connectivity index (χ4v) is 3.33. The van der Waals surface area contributed by atoms with Crippen LogP contribution in [-0.2, 0) is 9.59 Å². The SMILES string of the molecule is CCCCCCCC(=O)NCCC(=O)Nc1nnc(-c2ccc(C)cc2)s1. The van der Waals surface area contributed by atoms with Gasteiger partial charge >= 0.3 is 0 Å². The Hall–Kier alpha value is -2.28. The Morgan fingerprint density at radius 1 is 0.963 bits per heavy atom. The van der Waals surface area contributed by atoms with Gasteiger partial charge in [-0.3, -0.25) is 9.59 Å². The fraction of sp³-hybridized carbons (Fsp3) is 0.500. The fourth-order valence-electron chi connectivity index (χ4n) is 2.56. The molecule has 6 nitrogen and oxygen atoms in total. The van der Waals surface area contributed by atoms with E-state index in [0.29, 0.717) is 18.1 Å². The molecule has 0 unspecified atom stereocenters. The van der Waals surface area contributed by atoms with Crippen molar-refractivity contribution in [2.45, 2.75) is 58.8 Å². The molecule has 1 aromatic heterocycles. The monoisotopic (exact) mass is 388 g/mol. The van der Waals surface area contributed by atoms with Crippen LogP contribution in [0, 0.1) is 6.92 Å². The van der Waals surface area contributed by atoms with E-state index in [1.54, 1.807) is 0 Å². The van der Waals surface area contributed by atoms with Gasteiger partial charge in [-0.25, -0.2) is 0 Å². The molecule has 2 amide bonds. The minimum Gasteiger partial charge on any atom is -0.356 e. The number of aromatic nitrogens is 2. The number of nitrogens with zero attached hydrogens (tertiary/aromatic N) is 2. The van der Waals surface area contributed by atoms with E-state index >= 15 is 0 Å². The van der Waals surface area contributed by atoms with Crippen molar-refractivity contribution in [1.29, 1.82) is 0 Å². The lowest BCUT2D eigenvalue weighted by Crippen LogP contribution is -2.27. The molecule has 2 N–H and O–H groups in total. The summed E-state index contributed by atoms with van der Waals surface area (Å²) >= 11 is 1.34. The van der Waals surface area contributed by atoms with Crippen LogP contribution in [0.5, 0.6) is 0 Å². The maximum absolute atomic E-state index is 12.0. The van der Waals surface area contributed by atoms with Crippen LogP contribution in [0.4, 0.5) is 5.13 Å². The Bertz CT molecular complexity index is 728. The molecule has 2 aromatic rings. The van der Waals surface area contributed by atoms with Gasteiger partial charge in [0, 0.05) is 24.9 Å². The summed E-state index contributed by atoms with van der Waals surface area (Å²) in [5.41, 5.74) is 2.16. The maximum Gasteiger partial charge on any atom is 0.227 e. The summed E-state index contributed by atoms with van der Waals surface area (Å²) in [6, 6.07) is 8.00. The predicted octanol–water partition coefficient (Wildman–Crippen LogP) is 4.32. The Morgan fingerprint density at radius 3 is 2.44 bits per heavy atom. The second-order valence-corrected chi connectivity index (χ2v) is 7.57. The number of hydrogen-bond donors (Lipinski definition) is 2. The molecule has 0 aliphatic rings. The second kappa shape index (κ2) is 11.4. The number of carbonyl (C=O) groups is 2. The minimum absolute atomic E-state index is 0.0110. The van der Waals surface area contributed by atoms with Crippen molar-refractivity contribution in [3.8, 4) is 10.6 Å². The van der Waals surface area contributed by atoms with Crippen LogP contribution in [0.1, 0.15) is 57.4 Å². The average Bonchev–Trinajstić information content (AvgIpc) is 3.10. The van der Waals surface area contributed by atoms with Gasteiger partial charge in [0.25, 0.3) is 0 Å². The summed E-state index contributed by atoms with van der Waals surface area (Å²) < 4.78 is 0. The maximum atomic E-state index is 12.0. The van der Waals surface area contributed by atoms with Crippen molar-refractivity contribution in [2.24, 2.45) is 0 Å². The molecule has 0 atom stereocenters. The minimum atomic E-state index is -0.176. The van der Waals surface area contributed by atoms with E-state index in [9.17, 15) is 9.59 Å². The zero-order valence-corrected chi connectivity index (χ0v) is 16.9. The number of carbonyl (C=O) groups excluding carboxylic acids is 2. The highest BCUT2D eigenvalue weighted by molar-refractivity contribution is 7.18. The normalized spacial score (nSPS) is 10.6. The van der Waals surface area contributed by atoms with Gasteiger partial charge in [-0.1, -0.05) is 73.8 Å². The van der Waals surface area contributed by atoms with Crippen molar-refractivity contribution < 1.29 is 9.59 Å². The molecule has 0 radical (unpaired) electrons. The van der Waals surface area contributed by atoms with E-state index < -0.39 is 0 Å². The Balaban J connectivity index is 1.66. The first-order valence-corrected chi connectivity index (χ1v) is 10.4. The topological polar surface area (TPSA) is 84.0 Å². The van der Waals surface area contributed by atoms with Gasteiger partial charge < -0.3 is 10.6 Å². The number of aryl methyl sites for hydroxylation is 1. The predicted molar refractivity (Wildman–Crippen MR) is 110 cm³/mol.